The van der Waals surface area contributed by atoms with Crippen molar-refractivity contribution in [2.45, 2.75) is 0 Å². The molecule has 74 valence electrons. The van der Waals surface area contributed by atoms with Gasteiger partial charge in [-0.3, -0.25) is 4.57 Å². The largest absolute Gasteiger partial charge is 0.394 e. The van der Waals surface area contributed by atoms with Crippen LogP contribution in [0.3, 0.4) is 0 Å². The molecule has 0 saturated heterocycles. The molecule has 0 fully saturated rings. The summed E-state index contributed by atoms with van der Waals surface area (Å²) in [6.45, 7) is -0.654. The first kappa shape index (κ1) is 12.0. The molecule has 0 aliphatic heterocycles. The fourth-order valence-corrected chi connectivity index (χ4v) is 1.51. The van der Waals surface area contributed by atoms with E-state index in [-0.39, 0.29) is 32.7 Å². The SMILES string of the molecule is NCP(=O)(OCCO)OCCO. The Hall–Kier alpha value is 0.0300. The van der Waals surface area contributed by atoms with E-state index in [1.807, 2.05) is 0 Å². The van der Waals surface area contributed by atoms with E-state index in [1.165, 1.54) is 0 Å². The summed E-state index contributed by atoms with van der Waals surface area (Å²) >= 11 is 0. The van der Waals surface area contributed by atoms with Gasteiger partial charge < -0.3 is 25.0 Å². The summed E-state index contributed by atoms with van der Waals surface area (Å²) < 4.78 is 20.7. The Morgan fingerprint density at radius 1 is 1.17 bits per heavy atom. The predicted molar refractivity (Wildman–Crippen MR) is 42.7 cm³/mol. The van der Waals surface area contributed by atoms with E-state index in [9.17, 15) is 4.57 Å². The molecular weight excluding hydrogens is 185 g/mol. The first-order valence-electron chi connectivity index (χ1n) is 3.48. The molecule has 0 aliphatic carbocycles. The molecule has 4 N–H and O–H groups in total. The summed E-state index contributed by atoms with van der Waals surface area (Å²) in [5, 5.41) is 16.7. The normalized spacial score (nSPS) is 11.9. The van der Waals surface area contributed by atoms with Crippen molar-refractivity contribution < 1.29 is 23.8 Å². The average Bonchev–Trinajstić information content (AvgIpc) is 2.11. The van der Waals surface area contributed by atoms with Crippen molar-refractivity contribution in [2.75, 3.05) is 32.7 Å². The minimum absolute atomic E-state index is 0.0834. The minimum Gasteiger partial charge on any atom is -0.394 e. The van der Waals surface area contributed by atoms with E-state index in [1.54, 1.807) is 0 Å². The molecule has 0 bridgehead atoms. The van der Waals surface area contributed by atoms with Crippen LogP contribution in [-0.2, 0) is 13.6 Å². The van der Waals surface area contributed by atoms with Gasteiger partial charge in [0.05, 0.1) is 32.7 Å². The quantitative estimate of drug-likeness (QED) is 0.460. The third-order valence-corrected chi connectivity index (χ3v) is 2.58. The van der Waals surface area contributed by atoms with Gasteiger partial charge in [-0.2, -0.15) is 0 Å². The first-order valence-corrected chi connectivity index (χ1v) is 5.21. The number of rotatable bonds is 7. The molecule has 0 amide bonds. The van der Waals surface area contributed by atoms with Crippen LogP contribution in [0, 0.1) is 0 Å². The molecule has 0 atom stereocenters. The Bertz CT molecular complexity index is 141. The maximum atomic E-state index is 11.3. The Morgan fingerprint density at radius 2 is 1.58 bits per heavy atom. The summed E-state index contributed by atoms with van der Waals surface area (Å²) in [5.41, 5.74) is 5.11. The van der Waals surface area contributed by atoms with E-state index < -0.39 is 7.60 Å². The molecular formula is C5H14NO5P. The zero-order valence-electron chi connectivity index (χ0n) is 6.68. The van der Waals surface area contributed by atoms with Gasteiger partial charge in [0.15, 0.2) is 0 Å². The van der Waals surface area contributed by atoms with Crippen molar-refractivity contribution in [3.05, 3.63) is 0 Å². The zero-order chi connectivity index (χ0) is 9.45. The summed E-state index contributed by atoms with van der Waals surface area (Å²) in [6.07, 6.45) is -0.257. The second-order valence-electron chi connectivity index (χ2n) is 1.91. The van der Waals surface area contributed by atoms with Crippen LogP contribution in [0.4, 0.5) is 0 Å². The van der Waals surface area contributed by atoms with Crippen LogP contribution in [0.2, 0.25) is 0 Å². The van der Waals surface area contributed by atoms with Gasteiger partial charge in [-0.25, -0.2) is 0 Å². The molecule has 0 heterocycles. The third-order valence-electron chi connectivity index (χ3n) is 0.982. The Balaban J connectivity index is 3.79. The molecule has 12 heavy (non-hydrogen) atoms. The third kappa shape index (κ3) is 4.82. The molecule has 0 rings (SSSR count). The van der Waals surface area contributed by atoms with Gasteiger partial charge >= 0.3 is 7.60 Å². The van der Waals surface area contributed by atoms with E-state index in [4.69, 9.17) is 15.9 Å². The van der Waals surface area contributed by atoms with Crippen molar-refractivity contribution in [2.24, 2.45) is 5.73 Å². The van der Waals surface area contributed by atoms with E-state index in [0.717, 1.165) is 0 Å². The molecule has 0 unspecified atom stereocenters. The Labute approximate surface area is 70.8 Å². The topological polar surface area (TPSA) is 102 Å². The number of aliphatic hydroxyl groups is 2. The summed E-state index contributed by atoms with van der Waals surface area (Å²) in [4.78, 5) is 0. The van der Waals surface area contributed by atoms with Crippen LogP contribution in [0.25, 0.3) is 0 Å². The Morgan fingerprint density at radius 3 is 1.83 bits per heavy atom. The van der Waals surface area contributed by atoms with Crippen molar-refractivity contribution >= 4 is 7.60 Å². The second-order valence-corrected chi connectivity index (χ2v) is 4.01. The standard InChI is InChI=1S/C5H14NO5P/c6-5-12(9,10-3-1-7)11-4-2-8/h7-8H,1-6H2. The summed E-state index contributed by atoms with van der Waals surface area (Å²) in [7, 11) is -3.28. The maximum absolute atomic E-state index is 11.3. The van der Waals surface area contributed by atoms with Gasteiger partial charge in [0, 0.05) is 0 Å². The Kier molecular flexibility index (Phi) is 6.55. The van der Waals surface area contributed by atoms with Gasteiger partial charge in [-0.15, -0.1) is 0 Å². The lowest BCUT2D eigenvalue weighted by molar-refractivity contribution is 0.141. The van der Waals surface area contributed by atoms with Crippen LogP contribution in [0.5, 0.6) is 0 Å². The second kappa shape index (κ2) is 6.54. The van der Waals surface area contributed by atoms with Gasteiger partial charge in [0.1, 0.15) is 0 Å². The first-order chi connectivity index (χ1) is 5.68. The molecule has 6 nitrogen and oxygen atoms in total. The van der Waals surface area contributed by atoms with Crippen LogP contribution < -0.4 is 5.73 Å². The molecule has 0 aromatic heterocycles. The molecule has 0 aliphatic rings. The minimum atomic E-state index is -3.28. The van der Waals surface area contributed by atoms with Gasteiger partial charge in [0.2, 0.25) is 0 Å². The fourth-order valence-electron chi connectivity index (χ4n) is 0.502. The van der Waals surface area contributed by atoms with E-state index in [2.05, 4.69) is 9.05 Å². The zero-order valence-corrected chi connectivity index (χ0v) is 7.57. The van der Waals surface area contributed by atoms with Crippen molar-refractivity contribution in [3.8, 4) is 0 Å². The number of hydrogen-bond acceptors (Lipinski definition) is 6. The van der Waals surface area contributed by atoms with Crippen LogP contribution in [0.15, 0.2) is 0 Å². The molecule has 0 radical (unpaired) electrons. The molecule has 0 aromatic rings. The lowest BCUT2D eigenvalue weighted by atomic mass is 10.8. The molecule has 7 heteroatoms. The smallest absolute Gasteiger partial charge is 0.344 e. The van der Waals surface area contributed by atoms with Crippen molar-refractivity contribution in [1.29, 1.82) is 0 Å². The highest BCUT2D eigenvalue weighted by molar-refractivity contribution is 7.53. The van der Waals surface area contributed by atoms with Crippen LogP contribution in [-0.4, -0.2) is 42.9 Å². The van der Waals surface area contributed by atoms with Crippen LogP contribution in [0.1, 0.15) is 0 Å². The van der Waals surface area contributed by atoms with Gasteiger partial charge in [0.25, 0.3) is 0 Å². The predicted octanol–water partition coefficient (Wildman–Crippen LogP) is -0.887. The summed E-state index contributed by atoms with van der Waals surface area (Å²) in [5.74, 6) is 0. The summed E-state index contributed by atoms with van der Waals surface area (Å²) in [6, 6.07) is 0. The van der Waals surface area contributed by atoms with Gasteiger partial charge in [-0.05, 0) is 0 Å². The molecule has 0 spiro atoms. The van der Waals surface area contributed by atoms with Crippen molar-refractivity contribution in [3.63, 3.8) is 0 Å². The number of aliphatic hydroxyl groups excluding tert-OH is 2. The fraction of sp³-hybridized carbons (Fsp3) is 1.00. The highest BCUT2D eigenvalue weighted by atomic mass is 31.2. The van der Waals surface area contributed by atoms with E-state index in [0.29, 0.717) is 0 Å². The molecule has 0 saturated carbocycles. The van der Waals surface area contributed by atoms with Crippen molar-refractivity contribution in [1.82, 2.24) is 0 Å². The molecule has 0 aromatic carbocycles. The monoisotopic (exact) mass is 199 g/mol. The maximum Gasteiger partial charge on any atom is 0.344 e. The lowest BCUT2D eigenvalue weighted by Crippen LogP contribution is -2.11. The number of hydrogen-bond donors (Lipinski definition) is 3. The highest BCUT2D eigenvalue weighted by Crippen LogP contribution is 2.45. The van der Waals surface area contributed by atoms with E-state index >= 15 is 0 Å². The number of nitrogens with two attached hydrogens (primary N) is 1. The highest BCUT2D eigenvalue weighted by Gasteiger charge is 2.21. The van der Waals surface area contributed by atoms with Crippen LogP contribution >= 0.6 is 7.60 Å². The average molecular weight is 199 g/mol. The van der Waals surface area contributed by atoms with Gasteiger partial charge in [-0.1, -0.05) is 0 Å². The lowest BCUT2D eigenvalue weighted by Gasteiger charge is -2.15.